The fourth-order valence-corrected chi connectivity index (χ4v) is 1.74. The average Bonchev–Trinajstić information content (AvgIpc) is 2.25. The van der Waals surface area contributed by atoms with Gasteiger partial charge >= 0.3 is 0 Å². The van der Waals surface area contributed by atoms with Gasteiger partial charge in [-0.2, -0.15) is 0 Å². The molecular formula is C11H23ClN2O. The summed E-state index contributed by atoms with van der Waals surface area (Å²) < 4.78 is 5.31. The maximum absolute atomic E-state index is 5.92. The highest BCUT2D eigenvalue weighted by molar-refractivity contribution is 6.20. The van der Waals surface area contributed by atoms with E-state index in [9.17, 15) is 0 Å². The van der Waals surface area contributed by atoms with Gasteiger partial charge in [0, 0.05) is 31.6 Å². The van der Waals surface area contributed by atoms with E-state index in [4.69, 9.17) is 16.3 Å². The van der Waals surface area contributed by atoms with E-state index >= 15 is 0 Å². The van der Waals surface area contributed by atoms with Crippen molar-refractivity contribution in [2.24, 2.45) is 0 Å². The second kappa shape index (κ2) is 7.44. The lowest BCUT2D eigenvalue weighted by Gasteiger charge is -2.28. The first kappa shape index (κ1) is 13.2. The van der Waals surface area contributed by atoms with Crippen LogP contribution in [0.2, 0.25) is 0 Å². The molecule has 0 aromatic heterocycles. The Morgan fingerprint density at radius 1 is 1.33 bits per heavy atom. The molecule has 1 aliphatic rings. The summed E-state index contributed by atoms with van der Waals surface area (Å²) in [6.07, 6.45) is 1.07. The van der Waals surface area contributed by atoms with E-state index in [1.165, 1.54) is 0 Å². The van der Waals surface area contributed by atoms with Gasteiger partial charge < -0.3 is 9.64 Å². The van der Waals surface area contributed by atoms with E-state index in [1.807, 2.05) is 0 Å². The van der Waals surface area contributed by atoms with E-state index in [0.29, 0.717) is 0 Å². The van der Waals surface area contributed by atoms with Gasteiger partial charge in [-0.15, -0.1) is 11.6 Å². The van der Waals surface area contributed by atoms with Gasteiger partial charge in [0.2, 0.25) is 0 Å². The molecular weight excluding hydrogens is 212 g/mol. The number of likely N-dealkylation sites (N-methyl/N-ethyl adjacent to an activating group) is 1. The molecule has 90 valence electrons. The van der Waals surface area contributed by atoms with E-state index in [0.717, 1.165) is 52.4 Å². The zero-order valence-corrected chi connectivity index (χ0v) is 10.7. The average molecular weight is 235 g/mol. The van der Waals surface area contributed by atoms with Crippen LogP contribution in [0.4, 0.5) is 0 Å². The minimum Gasteiger partial charge on any atom is -0.379 e. The third-order valence-corrected chi connectivity index (χ3v) is 3.03. The van der Waals surface area contributed by atoms with E-state index in [-0.39, 0.29) is 5.38 Å². The minimum absolute atomic E-state index is 0.288. The van der Waals surface area contributed by atoms with Crippen LogP contribution in [0.25, 0.3) is 0 Å². The molecule has 0 bridgehead atoms. The Hall–Kier alpha value is 0.170. The first-order valence-corrected chi connectivity index (χ1v) is 6.25. The van der Waals surface area contributed by atoms with Crippen molar-refractivity contribution in [2.75, 3.05) is 53.0 Å². The summed E-state index contributed by atoms with van der Waals surface area (Å²) in [4.78, 5) is 4.82. The van der Waals surface area contributed by atoms with E-state index in [1.54, 1.807) is 0 Å². The van der Waals surface area contributed by atoms with E-state index in [2.05, 4.69) is 23.8 Å². The summed E-state index contributed by atoms with van der Waals surface area (Å²) in [5.74, 6) is 0. The monoisotopic (exact) mass is 234 g/mol. The molecule has 1 rings (SSSR count). The van der Waals surface area contributed by atoms with Gasteiger partial charge in [-0.3, -0.25) is 4.90 Å². The quantitative estimate of drug-likeness (QED) is 0.644. The Kier molecular flexibility index (Phi) is 6.57. The largest absolute Gasteiger partial charge is 0.379 e. The fraction of sp³-hybridized carbons (Fsp3) is 1.00. The van der Waals surface area contributed by atoms with Crippen LogP contribution in [-0.4, -0.2) is 68.2 Å². The SMILES string of the molecule is CC(Cl)CCN(C)CCN1CCOCC1. The van der Waals surface area contributed by atoms with Crippen LogP contribution in [0, 0.1) is 0 Å². The summed E-state index contributed by atoms with van der Waals surface area (Å²) in [7, 11) is 2.17. The number of hydrogen-bond acceptors (Lipinski definition) is 3. The molecule has 1 saturated heterocycles. The molecule has 0 N–H and O–H groups in total. The normalized spacial score (nSPS) is 20.8. The van der Waals surface area contributed by atoms with Crippen molar-refractivity contribution in [1.29, 1.82) is 0 Å². The van der Waals surface area contributed by atoms with Gasteiger partial charge in [0.15, 0.2) is 0 Å². The molecule has 3 nitrogen and oxygen atoms in total. The molecule has 4 heteroatoms. The van der Waals surface area contributed by atoms with Crippen molar-refractivity contribution >= 4 is 11.6 Å². The Morgan fingerprint density at radius 3 is 2.60 bits per heavy atom. The highest BCUT2D eigenvalue weighted by Crippen LogP contribution is 2.02. The van der Waals surface area contributed by atoms with Crippen molar-refractivity contribution in [3.63, 3.8) is 0 Å². The standard InChI is InChI=1S/C11H23ClN2O/c1-11(12)3-4-13(2)5-6-14-7-9-15-10-8-14/h11H,3-10H2,1-2H3. The van der Waals surface area contributed by atoms with Crippen molar-refractivity contribution in [2.45, 2.75) is 18.7 Å². The number of halogens is 1. The Bertz CT molecular complexity index is 161. The van der Waals surface area contributed by atoms with Crippen LogP contribution in [0.5, 0.6) is 0 Å². The maximum atomic E-state index is 5.92. The number of morpholine rings is 1. The van der Waals surface area contributed by atoms with Crippen molar-refractivity contribution in [3.05, 3.63) is 0 Å². The number of rotatable bonds is 6. The number of ether oxygens (including phenoxy) is 1. The predicted octanol–water partition coefficient (Wildman–Crippen LogP) is 1.27. The smallest absolute Gasteiger partial charge is 0.0594 e. The zero-order valence-electron chi connectivity index (χ0n) is 9.91. The predicted molar refractivity (Wildman–Crippen MR) is 64.7 cm³/mol. The second-order valence-electron chi connectivity index (χ2n) is 4.33. The number of hydrogen-bond donors (Lipinski definition) is 0. The molecule has 1 aliphatic heterocycles. The Morgan fingerprint density at radius 2 is 2.00 bits per heavy atom. The van der Waals surface area contributed by atoms with Crippen LogP contribution in [0.15, 0.2) is 0 Å². The topological polar surface area (TPSA) is 15.7 Å². The van der Waals surface area contributed by atoms with Crippen LogP contribution in [0.3, 0.4) is 0 Å². The molecule has 1 fully saturated rings. The van der Waals surface area contributed by atoms with Gasteiger partial charge in [0.05, 0.1) is 13.2 Å². The molecule has 0 amide bonds. The molecule has 0 radical (unpaired) electrons. The molecule has 1 unspecified atom stereocenters. The third kappa shape index (κ3) is 6.36. The lowest BCUT2D eigenvalue weighted by atomic mass is 10.3. The molecule has 0 aromatic carbocycles. The van der Waals surface area contributed by atoms with Gasteiger partial charge in [0.1, 0.15) is 0 Å². The highest BCUT2D eigenvalue weighted by atomic mass is 35.5. The van der Waals surface area contributed by atoms with Gasteiger partial charge in [0.25, 0.3) is 0 Å². The maximum Gasteiger partial charge on any atom is 0.0594 e. The lowest BCUT2D eigenvalue weighted by molar-refractivity contribution is 0.0344. The first-order chi connectivity index (χ1) is 7.18. The van der Waals surface area contributed by atoms with Crippen LogP contribution >= 0.6 is 11.6 Å². The summed E-state index contributed by atoms with van der Waals surface area (Å²) in [5.41, 5.74) is 0. The summed E-state index contributed by atoms with van der Waals surface area (Å²) in [6.45, 7) is 9.37. The van der Waals surface area contributed by atoms with Crippen LogP contribution in [0.1, 0.15) is 13.3 Å². The summed E-state index contributed by atoms with van der Waals surface area (Å²) in [6, 6.07) is 0. The summed E-state index contributed by atoms with van der Waals surface area (Å²) in [5, 5.41) is 0.288. The second-order valence-corrected chi connectivity index (χ2v) is 5.07. The fourth-order valence-electron chi connectivity index (χ4n) is 1.65. The Balaban J connectivity index is 2.02. The zero-order chi connectivity index (χ0) is 11.1. The van der Waals surface area contributed by atoms with Gasteiger partial charge in [-0.25, -0.2) is 0 Å². The molecule has 1 heterocycles. The van der Waals surface area contributed by atoms with Crippen molar-refractivity contribution in [3.8, 4) is 0 Å². The van der Waals surface area contributed by atoms with Crippen molar-refractivity contribution in [1.82, 2.24) is 9.80 Å². The first-order valence-electron chi connectivity index (χ1n) is 5.81. The van der Waals surface area contributed by atoms with Crippen LogP contribution < -0.4 is 0 Å². The number of alkyl halides is 1. The Labute approximate surface area is 98.3 Å². The molecule has 0 aliphatic carbocycles. The highest BCUT2D eigenvalue weighted by Gasteiger charge is 2.10. The van der Waals surface area contributed by atoms with Gasteiger partial charge in [-0.1, -0.05) is 0 Å². The van der Waals surface area contributed by atoms with E-state index < -0.39 is 0 Å². The molecule has 1 atom stereocenters. The molecule has 0 aromatic rings. The van der Waals surface area contributed by atoms with Gasteiger partial charge in [-0.05, 0) is 26.9 Å². The lowest BCUT2D eigenvalue weighted by Crippen LogP contribution is -2.40. The summed E-state index contributed by atoms with van der Waals surface area (Å²) >= 11 is 5.92. The molecule has 15 heavy (non-hydrogen) atoms. The molecule has 0 spiro atoms. The minimum atomic E-state index is 0.288. The third-order valence-electron chi connectivity index (χ3n) is 2.81. The van der Waals surface area contributed by atoms with Crippen LogP contribution in [-0.2, 0) is 4.74 Å². The molecule has 0 saturated carbocycles. The van der Waals surface area contributed by atoms with Crippen molar-refractivity contribution < 1.29 is 4.74 Å². The number of nitrogens with zero attached hydrogens (tertiary/aromatic N) is 2.